The molecule has 3 aliphatic rings. The summed E-state index contributed by atoms with van der Waals surface area (Å²) in [4.78, 5) is 35.9. The van der Waals surface area contributed by atoms with E-state index in [4.69, 9.17) is 14.0 Å². The Bertz CT molecular complexity index is 1230. The number of H-pyrrole nitrogens is 1. The maximum Gasteiger partial charge on any atom is 0.494 e. The van der Waals surface area contributed by atoms with Crippen molar-refractivity contribution in [1.82, 2.24) is 20.2 Å². The van der Waals surface area contributed by atoms with Crippen molar-refractivity contribution >= 4 is 24.6 Å². The Hall–Kier alpha value is -3.11. The van der Waals surface area contributed by atoms with Crippen LogP contribution >= 0.6 is 0 Å². The second-order valence-electron chi connectivity index (χ2n) is 12.4. The minimum absolute atomic E-state index is 0.0587. The molecule has 10 heteroatoms. The minimum atomic E-state index is -0.687. The number of imidazole rings is 1. The van der Waals surface area contributed by atoms with Crippen molar-refractivity contribution in [3.63, 3.8) is 0 Å². The fraction of sp³-hybridized carbons (Fsp3) is 0.567. The van der Waals surface area contributed by atoms with Gasteiger partial charge in [-0.05, 0) is 70.3 Å². The van der Waals surface area contributed by atoms with Gasteiger partial charge in [-0.2, -0.15) is 0 Å². The van der Waals surface area contributed by atoms with Gasteiger partial charge in [0.05, 0.1) is 23.1 Å². The van der Waals surface area contributed by atoms with Crippen LogP contribution in [0.5, 0.6) is 0 Å². The van der Waals surface area contributed by atoms with Crippen LogP contribution in [0.25, 0.3) is 11.3 Å². The molecule has 3 heterocycles. The van der Waals surface area contributed by atoms with Crippen molar-refractivity contribution in [3.8, 4) is 11.3 Å². The van der Waals surface area contributed by atoms with Crippen molar-refractivity contribution in [3.05, 3.63) is 48.4 Å². The Morgan fingerprint density at radius 2 is 1.75 bits per heavy atom. The lowest BCUT2D eigenvalue weighted by atomic mass is 9.79. The number of alkyl carbamates (subject to hydrolysis) is 1. The van der Waals surface area contributed by atoms with E-state index in [0.717, 1.165) is 42.4 Å². The number of aromatic amines is 1. The lowest BCUT2D eigenvalue weighted by Crippen LogP contribution is -2.51. The summed E-state index contributed by atoms with van der Waals surface area (Å²) in [5.41, 5.74) is 1.98. The van der Waals surface area contributed by atoms with E-state index in [2.05, 4.69) is 15.3 Å². The summed E-state index contributed by atoms with van der Waals surface area (Å²) in [6.07, 6.45) is 9.03. The molecule has 1 unspecified atom stereocenters. The SMILES string of the molecule is CC(C)C(NC(=O)OC1CCCC1)C(=O)N1CC=C[C@H]1c1ncc(-c2ccc(B3OC(C)(C)C(C)(C)O3)cc2)[nH]1. The van der Waals surface area contributed by atoms with Gasteiger partial charge in [0.15, 0.2) is 0 Å². The van der Waals surface area contributed by atoms with Gasteiger partial charge in [0, 0.05) is 6.54 Å². The summed E-state index contributed by atoms with van der Waals surface area (Å²) in [5, 5.41) is 2.83. The topological polar surface area (TPSA) is 106 Å². The number of hydrogen-bond acceptors (Lipinski definition) is 6. The second-order valence-corrected chi connectivity index (χ2v) is 12.4. The Balaban J connectivity index is 1.26. The number of benzene rings is 1. The molecule has 40 heavy (non-hydrogen) atoms. The first kappa shape index (κ1) is 28.4. The Morgan fingerprint density at radius 3 is 2.38 bits per heavy atom. The molecule has 2 aromatic rings. The summed E-state index contributed by atoms with van der Waals surface area (Å²) in [6.45, 7) is 12.5. The highest BCUT2D eigenvalue weighted by Crippen LogP contribution is 2.36. The normalized spacial score (nSPS) is 22.7. The van der Waals surface area contributed by atoms with E-state index in [1.54, 1.807) is 11.1 Å². The van der Waals surface area contributed by atoms with Gasteiger partial charge >= 0.3 is 13.2 Å². The fourth-order valence-corrected chi connectivity index (χ4v) is 5.43. The molecule has 1 saturated carbocycles. The standard InChI is InChI=1S/C30H41BN4O5/c1-19(2)25(34-28(37)38-22-10-7-8-11-22)27(36)35-17-9-12-24(35)26-32-18-23(33-26)20-13-15-21(16-14-20)31-39-29(3,4)30(5,6)40-31/h9,12-16,18-19,22,24-25H,7-8,10-11,17H2,1-6H3,(H,32,33)(H,34,37)/t24-,25?/m0/s1. The van der Waals surface area contributed by atoms with Gasteiger partial charge in [-0.1, -0.05) is 50.3 Å². The van der Waals surface area contributed by atoms with Gasteiger partial charge in [0.25, 0.3) is 0 Å². The van der Waals surface area contributed by atoms with Gasteiger partial charge in [-0.3, -0.25) is 4.79 Å². The molecule has 0 radical (unpaired) electrons. The minimum Gasteiger partial charge on any atom is -0.446 e. The monoisotopic (exact) mass is 548 g/mol. The average molecular weight is 548 g/mol. The summed E-state index contributed by atoms with van der Waals surface area (Å²) in [5.74, 6) is 0.417. The van der Waals surface area contributed by atoms with Crippen LogP contribution in [-0.2, 0) is 18.8 Å². The van der Waals surface area contributed by atoms with E-state index in [-0.39, 0.29) is 24.0 Å². The maximum absolute atomic E-state index is 13.6. The number of carbonyl (C=O) groups excluding carboxylic acids is 2. The molecule has 214 valence electrons. The Morgan fingerprint density at radius 1 is 1.10 bits per heavy atom. The molecular formula is C30H41BN4O5. The van der Waals surface area contributed by atoms with Gasteiger partial charge in [0.2, 0.25) is 5.91 Å². The molecule has 5 rings (SSSR count). The lowest BCUT2D eigenvalue weighted by molar-refractivity contribution is -0.135. The third-order valence-corrected chi connectivity index (χ3v) is 8.64. The predicted octanol–water partition coefficient (Wildman–Crippen LogP) is 4.51. The molecule has 2 amide bonds. The largest absolute Gasteiger partial charge is 0.494 e. The summed E-state index contributed by atoms with van der Waals surface area (Å²) in [7, 11) is -0.419. The van der Waals surface area contributed by atoms with E-state index in [1.807, 2.05) is 78.0 Å². The molecule has 2 fully saturated rings. The maximum atomic E-state index is 13.6. The molecule has 1 saturated heterocycles. The molecule has 2 atom stereocenters. The summed E-state index contributed by atoms with van der Waals surface area (Å²) < 4.78 is 17.9. The number of nitrogens with zero attached hydrogens (tertiary/aromatic N) is 2. The zero-order valence-electron chi connectivity index (χ0n) is 24.4. The summed E-state index contributed by atoms with van der Waals surface area (Å²) >= 11 is 0. The number of amides is 2. The number of carbonyl (C=O) groups is 2. The Labute approximate surface area is 237 Å². The van der Waals surface area contributed by atoms with Crippen LogP contribution in [0.2, 0.25) is 0 Å². The van der Waals surface area contributed by atoms with Crippen molar-refractivity contribution in [2.45, 2.75) is 96.6 Å². The number of aromatic nitrogens is 2. The second kappa shape index (κ2) is 11.0. The smallest absolute Gasteiger partial charge is 0.446 e. The zero-order valence-corrected chi connectivity index (χ0v) is 24.4. The predicted molar refractivity (Wildman–Crippen MR) is 154 cm³/mol. The van der Waals surface area contributed by atoms with Crippen molar-refractivity contribution < 1.29 is 23.6 Å². The Kier molecular flexibility index (Phi) is 7.85. The first-order valence-corrected chi connectivity index (χ1v) is 14.4. The van der Waals surface area contributed by atoms with E-state index in [0.29, 0.717) is 12.4 Å². The molecule has 0 bridgehead atoms. The van der Waals surface area contributed by atoms with Gasteiger partial charge in [-0.15, -0.1) is 0 Å². The van der Waals surface area contributed by atoms with Crippen LogP contribution in [0.1, 0.15) is 79.1 Å². The molecule has 1 aliphatic carbocycles. The van der Waals surface area contributed by atoms with Crippen molar-refractivity contribution in [2.24, 2.45) is 5.92 Å². The van der Waals surface area contributed by atoms with Crippen molar-refractivity contribution in [2.75, 3.05) is 6.54 Å². The van der Waals surface area contributed by atoms with Crippen LogP contribution in [0.4, 0.5) is 4.79 Å². The molecular weight excluding hydrogens is 507 g/mol. The van der Waals surface area contributed by atoms with Gasteiger partial charge < -0.3 is 29.2 Å². The number of ether oxygens (including phenoxy) is 1. The van der Waals surface area contributed by atoms with Crippen LogP contribution in [-0.4, -0.2) is 63.9 Å². The van der Waals surface area contributed by atoms with Crippen molar-refractivity contribution in [1.29, 1.82) is 0 Å². The molecule has 1 aromatic carbocycles. The number of hydrogen-bond donors (Lipinski definition) is 2. The third kappa shape index (κ3) is 5.70. The summed E-state index contributed by atoms with van der Waals surface area (Å²) in [6, 6.07) is 7.01. The molecule has 9 nitrogen and oxygen atoms in total. The molecule has 1 aromatic heterocycles. The highest BCUT2D eigenvalue weighted by atomic mass is 16.7. The zero-order chi connectivity index (χ0) is 28.7. The van der Waals surface area contributed by atoms with E-state index >= 15 is 0 Å². The molecule has 2 N–H and O–H groups in total. The van der Waals surface area contributed by atoms with Crippen LogP contribution in [0.15, 0.2) is 42.6 Å². The molecule has 0 spiro atoms. The first-order valence-electron chi connectivity index (χ1n) is 14.4. The third-order valence-electron chi connectivity index (χ3n) is 8.64. The molecule has 2 aliphatic heterocycles. The first-order chi connectivity index (χ1) is 18.9. The van der Waals surface area contributed by atoms with Crippen LogP contribution in [0, 0.1) is 5.92 Å². The highest BCUT2D eigenvalue weighted by molar-refractivity contribution is 6.62. The number of nitrogens with one attached hydrogen (secondary N) is 2. The van der Waals surface area contributed by atoms with Gasteiger partial charge in [-0.25, -0.2) is 9.78 Å². The quantitative estimate of drug-likeness (QED) is 0.390. The van der Waals surface area contributed by atoms with Gasteiger partial charge in [0.1, 0.15) is 24.0 Å². The average Bonchev–Trinajstić information content (AvgIpc) is 3.69. The van der Waals surface area contributed by atoms with E-state index < -0.39 is 30.5 Å². The van der Waals surface area contributed by atoms with Crippen LogP contribution < -0.4 is 10.8 Å². The highest BCUT2D eigenvalue weighted by Gasteiger charge is 2.51. The fourth-order valence-electron chi connectivity index (χ4n) is 5.43. The lowest BCUT2D eigenvalue weighted by Gasteiger charge is -2.32. The van der Waals surface area contributed by atoms with E-state index in [9.17, 15) is 9.59 Å². The number of rotatable bonds is 7. The van der Waals surface area contributed by atoms with Crippen LogP contribution in [0.3, 0.4) is 0 Å². The van der Waals surface area contributed by atoms with E-state index in [1.165, 1.54) is 0 Å².